The number of anilines is 1. The van der Waals surface area contributed by atoms with Crippen LogP contribution in [-0.4, -0.2) is 5.91 Å². The minimum atomic E-state index is -0.511. The molecule has 19 heavy (non-hydrogen) atoms. The molecule has 0 saturated heterocycles. The normalized spacial score (nSPS) is 10.3. The van der Waals surface area contributed by atoms with Crippen molar-refractivity contribution in [2.24, 2.45) is 0 Å². The molecular formula is C13H7Cl2FINO. The topological polar surface area (TPSA) is 29.1 Å². The van der Waals surface area contributed by atoms with E-state index in [1.165, 1.54) is 18.2 Å². The van der Waals surface area contributed by atoms with Crippen LogP contribution in [0.2, 0.25) is 10.0 Å². The largest absolute Gasteiger partial charge is 0.322 e. The maximum atomic E-state index is 13.1. The van der Waals surface area contributed by atoms with Crippen LogP contribution in [0.25, 0.3) is 0 Å². The van der Waals surface area contributed by atoms with Crippen LogP contribution in [0.5, 0.6) is 0 Å². The standard InChI is InChI=1S/C13H7Cl2FINO/c14-8-4-9(16)6-10(5-8)18-13(19)7-1-2-12(17)11(15)3-7/h1-6H,(H,18,19). The van der Waals surface area contributed by atoms with Crippen LogP contribution in [0.15, 0.2) is 36.4 Å². The molecule has 6 heteroatoms. The molecule has 98 valence electrons. The quantitative estimate of drug-likeness (QED) is 0.695. The lowest BCUT2D eigenvalue weighted by atomic mass is 10.2. The molecule has 0 heterocycles. The molecule has 1 amide bonds. The first-order valence-corrected chi connectivity index (χ1v) is 7.01. The molecule has 2 aromatic carbocycles. The highest BCUT2D eigenvalue weighted by molar-refractivity contribution is 14.1. The lowest BCUT2D eigenvalue weighted by molar-refractivity contribution is 0.102. The Labute approximate surface area is 133 Å². The second kappa shape index (κ2) is 6.07. The summed E-state index contributed by atoms with van der Waals surface area (Å²) in [6.07, 6.45) is 0. The number of amides is 1. The van der Waals surface area contributed by atoms with Crippen molar-refractivity contribution < 1.29 is 9.18 Å². The lowest BCUT2D eigenvalue weighted by Crippen LogP contribution is -2.12. The van der Waals surface area contributed by atoms with E-state index >= 15 is 0 Å². The predicted octanol–water partition coefficient (Wildman–Crippen LogP) is 4.99. The van der Waals surface area contributed by atoms with E-state index in [2.05, 4.69) is 27.9 Å². The fraction of sp³-hybridized carbons (Fsp3) is 0. The molecule has 0 aliphatic carbocycles. The van der Waals surface area contributed by atoms with Gasteiger partial charge in [-0.05, 0) is 59.0 Å². The molecule has 2 aromatic rings. The second-order valence-corrected chi connectivity index (χ2v) is 5.75. The van der Waals surface area contributed by atoms with Crippen LogP contribution in [-0.2, 0) is 0 Å². The van der Waals surface area contributed by atoms with Crippen LogP contribution in [0.3, 0.4) is 0 Å². The zero-order valence-corrected chi connectivity index (χ0v) is 13.1. The van der Waals surface area contributed by atoms with Gasteiger partial charge in [-0.1, -0.05) is 23.2 Å². The average Bonchev–Trinajstić information content (AvgIpc) is 2.31. The Morgan fingerprint density at radius 2 is 1.89 bits per heavy atom. The highest BCUT2D eigenvalue weighted by Gasteiger charge is 2.09. The molecule has 1 N–H and O–H groups in total. The van der Waals surface area contributed by atoms with E-state index < -0.39 is 5.82 Å². The summed E-state index contributed by atoms with van der Waals surface area (Å²) in [7, 11) is 0. The summed E-state index contributed by atoms with van der Waals surface area (Å²) < 4.78 is 14.0. The Bertz CT molecular complexity index is 628. The Morgan fingerprint density at radius 3 is 2.53 bits per heavy atom. The molecule has 0 atom stereocenters. The molecule has 0 saturated carbocycles. The number of benzene rings is 2. The third-order valence-corrected chi connectivity index (χ3v) is 4.09. The van der Waals surface area contributed by atoms with E-state index in [4.69, 9.17) is 23.2 Å². The van der Waals surface area contributed by atoms with Crippen molar-refractivity contribution in [3.05, 3.63) is 61.4 Å². The fourth-order valence-corrected chi connectivity index (χ4v) is 2.20. The molecule has 0 radical (unpaired) electrons. The number of carbonyl (C=O) groups is 1. The van der Waals surface area contributed by atoms with Crippen molar-refractivity contribution in [1.29, 1.82) is 0 Å². The number of hydrogen-bond acceptors (Lipinski definition) is 1. The van der Waals surface area contributed by atoms with Crippen LogP contribution in [0, 0.1) is 9.39 Å². The number of nitrogens with one attached hydrogen (secondary N) is 1. The van der Waals surface area contributed by atoms with Gasteiger partial charge in [-0.15, -0.1) is 0 Å². The zero-order chi connectivity index (χ0) is 14.0. The molecular weight excluding hydrogens is 403 g/mol. The predicted molar refractivity (Wildman–Crippen MR) is 83.5 cm³/mol. The number of hydrogen-bond donors (Lipinski definition) is 1. The Kier molecular flexibility index (Phi) is 4.65. The van der Waals surface area contributed by atoms with E-state index in [0.29, 0.717) is 16.3 Å². The summed E-state index contributed by atoms with van der Waals surface area (Å²) in [5, 5.41) is 3.27. The van der Waals surface area contributed by atoms with Gasteiger partial charge in [-0.3, -0.25) is 4.79 Å². The Morgan fingerprint density at radius 1 is 1.16 bits per heavy atom. The Hall–Kier alpha value is -0.850. The smallest absolute Gasteiger partial charge is 0.255 e. The van der Waals surface area contributed by atoms with Gasteiger partial charge in [0.25, 0.3) is 5.91 Å². The number of rotatable bonds is 2. The first-order chi connectivity index (χ1) is 8.95. The summed E-state index contributed by atoms with van der Waals surface area (Å²) in [5.41, 5.74) is 0.690. The zero-order valence-electron chi connectivity index (χ0n) is 9.38. The van der Waals surface area contributed by atoms with Crippen molar-refractivity contribution in [2.45, 2.75) is 0 Å². The van der Waals surface area contributed by atoms with Gasteiger partial charge >= 0.3 is 0 Å². The highest BCUT2D eigenvalue weighted by Crippen LogP contribution is 2.22. The molecule has 0 aromatic heterocycles. The number of carbonyl (C=O) groups excluding carboxylic acids is 1. The van der Waals surface area contributed by atoms with Gasteiger partial charge < -0.3 is 5.32 Å². The maximum Gasteiger partial charge on any atom is 0.255 e. The first kappa shape index (κ1) is 14.6. The SMILES string of the molecule is O=C(Nc1cc(F)cc(Cl)c1)c1ccc(I)c(Cl)c1. The molecule has 0 spiro atoms. The van der Waals surface area contributed by atoms with Crippen molar-refractivity contribution in [3.8, 4) is 0 Å². The van der Waals surface area contributed by atoms with Crippen LogP contribution >= 0.6 is 45.8 Å². The molecule has 2 rings (SSSR count). The molecule has 0 bridgehead atoms. The van der Waals surface area contributed by atoms with Gasteiger partial charge in [-0.2, -0.15) is 0 Å². The minimum absolute atomic E-state index is 0.218. The molecule has 2 nitrogen and oxygen atoms in total. The summed E-state index contributed by atoms with van der Waals surface area (Å²) in [4.78, 5) is 12.0. The highest BCUT2D eigenvalue weighted by atomic mass is 127. The first-order valence-electron chi connectivity index (χ1n) is 5.18. The van der Waals surface area contributed by atoms with E-state index in [1.807, 2.05) is 0 Å². The van der Waals surface area contributed by atoms with Gasteiger partial charge in [-0.25, -0.2) is 4.39 Å². The fourth-order valence-electron chi connectivity index (χ4n) is 1.47. The number of halogens is 4. The maximum absolute atomic E-state index is 13.1. The Balaban J connectivity index is 2.22. The van der Waals surface area contributed by atoms with Gasteiger partial charge in [0.05, 0.1) is 5.02 Å². The van der Waals surface area contributed by atoms with E-state index in [1.54, 1.807) is 18.2 Å². The molecule has 0 unspecified atom stereocenters. The van der Waals surface area contributed by atoms with Crippen LogP contribution < -0.4 is 5.32 Å². The summed E-state index contributed by atoms with van der Waals surface area (Å²) in [6.45, 7) is 0. The van der Waals surface area contributed by atoms with E-state index in [0.717, 1.165) is 3.57 Å². The second-order valence-electron chi connectivity index (χ2n) is 3.74. The minimum Gasteiger partial charge on any atom is -0.322 e. The molecule has 0 aliphatic heterocycles. The van der Waals surface area contributed by atoms with Crippen molar-refractivity contribution in [2.75, 3.05) is 5.32 Å². The van der Waals surface area contributed by atoms with Crippen molar-refractivity contribution in [3.63, 3.8) is 0 Å². The average molecular weight is 410 g/mol. The summed E-state index contributed by atoms with van der Waals surface area (Å²) >= 11 is 13.7. The van der Waals surface area contributed by atoms with Gasteiger partial charge in [0, 0.05) is 19.8 Å². The van der Waals surface area contributed by atoms with E-state index in [-0.39, 0.29) is 10.9 Å². The van der Waals surface area contributed by atoms with Gasteiger partial charge in [0.2, 0.25) is 0 Å². The molecule has 0 fully saturated rings. The third-order valence-electron chi connectivity index (χ3n) is 2.30. The lowest BCUT2D eigenvalue weighted by Gasteiger charge is -2.07. The van der Waals surface area contributed by atoms with Crippen LogP contribution in [0.1, 0.15) is 10.4 Å². The van der Waals surface area contributed by atoms with E-state index in [9.17, 15) is 9.18 Å². The molecule has 0 aliphatic rings. The van der Waals surface area contributed by atoms with Gasteiger partial charge in [0.1, 0.15) is 5.82 Å². The monoisotopic (exact) mass is 409 g/mol. The van der Waals surface area contributed by atoms with Crippen LogP contribution in [0.4, 0.5) is 10.1 Å². The third kappa shape index (κ3) is 3.81. The summed E-state index contributed by atoms with van der Waals surface area (Å²) in [5.74, 6) is -0.886. The summed E-state index contributed by atoms with van der Waals surface area (Å²) in [6, 6.07) is 8.76. The van der Waals surface area contributed by atoms with Crippen molar-refractivity contribution >= 4 is 57.4 Å². The van der Waals surface area contributed by atoms with Gasteiger partial charge in [0.15, 0.2) is 0 Å². The van der Waals surface area contributed by atoms with Crippen molar-refractivity contribution in [1.82, 2.24) is 0 Å².